The highest BCUT2D eigenvalue weighted by atomic mass is 32.2. The minimum absolute atomic E-state index is 0.0261. The number of nitrogens with zero attached hydrogens (tertiary/aromatic N) is 3. The van der Waals surface area contributed by atoms with Gasteiger partial charge in [-0.3, -0.25) is 14.2 Å². The van der Waals surface area contributed by atoms with Crippen LogP contribution in [0.4, 0.5) is 0 Å². The van der Waals surface area contributed by atoms with Crippen LogP contribution in [0.2, 0.25) is 0 Å². The fourth-order valence-electron chi connectivity index (χ4n) is 2.62. The maximum Gasteiger partial charge on any atom is 0.316 e. The zero-order chi connectivity index (χ0) is 20.3. The van der Waals surface area contributed by atoms with E-state index in [9.17, 15) is 9.59 Å². The van der Waals surface area contributed by atoms with E-state index in [0.717, 1.165) is 11.8 Å². The number of hydrogen-bond donors (Lipinski definition) is 0. The summed E-state index contributed by atoms with van der Waals surface area (Å²) in [4.78, 5) is 29.8. The van der Waals surface area contributed by atoms with Crippen LogP contribution in [-0.2, 0) is 9.53 Å². The number of aromatic nitrogens is 2. The number of esters is 1. The fourth-order valence-corrected chi connectivity index (χ4v) is 3.40. The number of carbonyl (C=O) groups is 1. The molecule has 0 unspecified atom stereocenters. The zero-order valence-electron chi connectivity index (χ0n) is 15.8. The van der Waals surface area contributed by atoms with Crippen molar-refractivity contribution in [3.05, 3.63) is 64.4 Å². The number of fused-ring (bicyclic) bond motifs is 1. The van der Waals surface area contributed by atoms with E-state index < -0.39 is 5.60 Å². The largest absolute Gasteiger partial charge is 0.459 e. The van der Waals surface area contributed by atoms with E-state index >= 15 is 0 Å². The zero-order valence-corrected chi connectivity index (χ0v) is 16.6. The second-order valence-electron chi connectivity index (χ2n) is 7.09. The Morgan fingerprint density at radius 3 is 2.50 bits per heavy atom. The van der Waals surface area contributed by atoms with Gasteiger partial charge in [0.25, 0.3) is 5.56 Å². The minimum atomic E-state index is -0.582. The van der Waals surface area contributed by atoms with Crippen molar-refractivity contribution in [2.24, 2.45) is 0 Å². The lowest BCUT2D eigenvalue weighted by molar-refractivity contribution is -0.151. The molecule has 0 saturated carbocycles. The van der Waals surface area contributed by atoms with Crippen LogP contribution < -0.4 is 5.56 Å². The minimum Gasteiger partial charge on any atom is -0.459 e. The predicted octanol–water partition coefficient (Wildman–Crippen LogP) is 3.69. The van der Waals surface area contributed by atoms with Gasteiger partial charge in [0, 0.05) is 0 Å². The Hall–Kier alpha value is -3.11. The molecule has 0 radical (unpaired) electrons. The van der Waals surface area contributed by atoms with Gasteiger partial charge in [-0.25, -0.2) is 4.98 Å². The monoisotopic (exact) mass is 393 g/mol. The molecular formula is C21H19N3O3S. The molecule has 3 aromatic rings. The highest BCUT2D eigenvalue weighted by Gasteiger charge is 2.19. The number of carbonyl (C=O) groups excluding carboxylic acids is 1. The average Bonchev–Trinajstić information content (AvgIpc) is 2.65. The summed E-state index contributed by atoms with van der Waals surface area (Å²) in [5.74, 6) is -0.357. The third-order valence-corrected chi connectivity index (χ3v) is 4.65. The molecule has 6 nitrogen and oxygen atoms in total. The molecule has 0 saturated heterocycles. The smallest absolute Gasteiger partial charge is 0.316 e. The highest BCUT2D eigenvalue weighted by Crippen LogP contribution is 2.22. The van der Waals surface area contributed by atoms with Crippen LogP contribution in [0.3, 0.4) is 0 Å². The molecule has 0 aliphatic carbocycles. The van der Waals surface area contributed by atoms with Crippen molar-refractivity contribution in [1.29, 1.82) is 5.26 Å². The Labute approximate surface area is 166 Å². The van der Waals surface area contributed by atoms with Crippen LogP contribution in [0, 0.1) is 11.3 Å². The highest BCUT2D eigenvalue weighted by molar-refractivity contribution is 7.99. The molecule has 28 heavy (non-hydrogen) atoms. The number of nitriles is 1. The molecule has 3 rings (SSSR count). The van der Waals surface area contributed by atoms with Gasteiger partial charge >= 0.3 is 5.97 Å². The Balaban J connectivity index is 2.05. The lowest BCUT2D eigenvalue weighted by Gasteiger charge is -2.19. The van der Waals surface area contributed by atoms with Gasteiger partial charge in [-0.05, 0) is 57.2 Å². The number of para-hydroxylation sites is 1. The average molecular weight is 393 g/mol. The summed E-state index contributed by atoms with van der Waals surface area (Å²) in [5.41, 5.74) is 0.815. The number of rotatable bonds is 4. The summed E-state index contributed by atoms with van der Waals surface area (Å²) in [7, 11) is 0. The second-order valence-corrected chi connectivity index (χ2v) is 8.03. The van der Waals surface area contributed by atoms with Gasteiger partial charge in [0.1, 0.15) is 5.60 Å². The predicted molar refractivity (Wildman–Crippen MR) is 109 cm³/mol. The van der Waals surface area contributed by atoms with E-state index in [4.69, 9.17) is 10.00 Å². The fraction of sp³-hybridized carbons (Fsp3) is 0.238. The lowest BCUT2D eigenvalue weighted by Crippen LogP contribution is -2.26. The molecule has 0 fully saturated rings. The van der Waals surface area contributed by atoms with E-state index in [1.165, 1.54) is 4.57 Å². The lowest BCUT2D eigenvalue weighted by atomic mass is 10.2. The van der Waals surface area contributed by atoms with Gasteiger partial charge < -0.3 is 4.74 Å². The number of ether oxygens (including phenoxy) is 1. The maximum absolute atomic E-state index is 13.1. The summed E-state index contributed by atoms with van der Waals surface area (Å²) < 4.78 is 6.80. The quantitative estimate of drug-likeness (QED) is 0.382. The van der Waals surface area contributed by atoms with E-state index in [0.29, 0.717) is 27.3 Å². The number of thioether (sulfide) groups is 1. The first-order valence-corrected chi connectivity index (χ1v) is 9.64. The molecule has 1 aromatic heterocycles. The molecule has 142 valence electrons. The van der Waals surface area contributed by atoms with Crippen molar-refractivity contribution in [1.82, 2.24) is 9.55 Å². The Kier molecular flexibility index (Phi) is 5.52. The SMILES string of the molecule is CC(C)(C)OC(=O)CSc1nc2ccccc2c(=O)n1-c1ccc(C#N)cc1. The molecule has 0 aliphatic heterocycles. The van der Waals surface area contributed by atoms with Crippen molar-refractivity contribution in [3.8, 4) is 11.8 Å². The van der Waals surface area contributed by atoms with E-state index in [-0.39, 0.29) is 17.3 Å². The molecule has 1 heterocycles. The standard InChI is InChI=1S/C21H19N3O3S/c1-21(2,3)27-18(25)13-28-20-23-17-7-5-4-6-16(17)19(26)24(20)15-10-8-14(12-22)9-11-15/h4-11H,13H2,1-3H3. The molecule has 7 heteroatoms. The summed E-state index contributed by atoms with van der Waals surface area (Å²) in [6, 6.07) is 15.8. The molecule has 2 aromatic carbocycles. The molecule has 0 bridgehead atoms. The summed E-state index contributed by atoms with van der Waals surface area (Å²) in [5, 5.41) is 9.87. The molecule has 0 aliphatic rings. The van der Waals surface area contributed by atoms with Crippen LogP contribution in [-0.4, -0.2) is 26.9 Å². The van der Waals surface area contributed by atoms with Crippen LogP contribution in [0.25, 0.3) is 16.6 Å². The van der Waals surface area contributed by atoms with Crippen LogP contribution in [0.5, 0.6) is 0 Å². The van der Waals surface area contributed by atoms with E-state index in [1.54, 1.807) is 63.2 Å². The molecule has 0 amide bonds. The third-order valence-electron chi connectivity index (χ3n) is 3.74. The first-order chi connectivity index (χ1) is 13.3. The van der Waals surface area contributed by atoms with Gasteiger partial charge in [0.2, 0.25) is 0 Å². The third kappa shape index (κ3) is 4.41. The summed E-state index contributed by atoms with van der Waals surface area (Å²) in [6.45, 7) is 5.41. The second kappa shape index (κ2) is 7.87. The number of hydrogen-bond acceptors (Lipinski definition) is 6. The molecule has 0 N–H and O–H groups in total. The molecule has 0 atom stereocenters. The summed E-state index contributed by atoms with van der Waals surface area (Å²) in [6.07, 6.45) is 0. The van der Waals surface area contributed by atoms with Crippen LogP contribution in [0.15, 0.2) is 58.5 Å². The normalized spacial score (nSPS) is 11.2. The van der Waals surface area contributed by atoms with Crippen LogP contribution in [0.1, 0.15) is 26.3 Å². The Morgan fingerprint density at radius 2 is 1.86 bits per heavy atom. The van der Waals surface area contributed by atoms with Crippen LogP contribution >= 0.6 is 11.8 Å². The Morgan fingerprint density at radius 1 is 1.18 bits per heavy atom. The van der Waals surface area contributed by atoms with Gasteiger partial charge in [-0.1, -0.05) is 23.9 Å². The Bertz CT molecular complexity index is 1120. The van der Waals surface area contributed by atoms with Crippen molar-refractivity contribution < 1.29 is 9.53 Å². The van der Waals surface area contributed by atoms with Gasteiger partial charge in [-0.2, -0.15) is 5.26 Å². The van der Waals surface area contributed by atoms with Crippen molar-refractivity contribution in [2.45, 2.75) is 31.5 Å². The molecular weight excluding hydrogens is 374 g/mol. The van der Waals surface area contributed by atoms with Crippen molar-refractivity contribution in [2.75, 3.05) is 5.75 Å². The molecule has 0 spiro atoms. The van der Waals surface area contributed by atoms with Crippen molar-refractivity contribution in [3.63, 3.8) is 0 Å². The first-order valence-electron chi connectivity index (χ1n) is 8.65. The number of benzene rings is 2. The van der Waals surface area contributed by atoms with Gasteiger partial charge in [0.15, 0.2) is 5.16 Å². The van der Waals surface area contributed by atoms with Gasteiger partial charge in [0.05, 0.1) is 34.0 Å². The first kappa shape index (κ1) is 19.6. The topological polar surface area (TPSA) is 85.0 Å². The summed E-state index contributed by atoms with van der Waals surface area (Å²) >= 11 is 1.14. The van der Waals surface area contributed by atoms with E-state index in [2.05, 4.69) is 11.1 Å². The van der Waals surface area contributed by atoms with Crippen molar-refractivity contribution >= 4 is 28.6 Å². The maximum atomic E-state index is 13.1. The van der Waals surface area contributed by atoms with Gasteiger partial charge in [-0.15, -0.1) is 0 Å². The van der Waals surface area contributed by atoms with E-state index in [1.807, 2.05) is 6.07 Å².